The van der Waals surface area contributed by atoms with E-state index in [2.05, 4.69) is 5.32 Å². The van der Waals surface area contributed by atoms with Crippen LogP contribution < -0.4 is 5.32 Å². The molecule has 0 aromatic rings. The fraction of sp³-hybridized carbons (Fsp3) is 0.786. The average molecular weight is 284 g/mol. The van der Waals surface area contributed by atoms with Crippen LogP contribution in [0.4, 0.5) is 4.79 Å². The molecule has 3 amide bonds. The molecule has 0 aliphatic heterocycles. The van der Waals surface area contributed by atoms with Crippen molar-refractivity contribution < 1.29 is 19.5 Å². The minimum atomic E-state index is -0.861. The fourth-order valence-electron chi connectivity index (χ4n) is 1.98. The minimum absolute atomic E-state index is 0.0604. The first kappa shape index (κ1) is 16.5. The molecule has 1 aliphatic carbocycles. The zero-order valence-electron chi connectivity index (χ0n) is 12.1. The van der Waals surface area contributed by atoms with Crippen LogP contribution in [0.1, 0.15) is 51.9 Å². The standard InChI is InChI=1S/C14H24N2O4/c1-2-9-16(10-11-7-8-11)14(20)15-12(17)5-3-4-6-13(18)19/h11H,2-10H2,1H3,(H,18,19)(H,15,17,20). The summed E-state index contributed by atoms with van der Waals surface area (Å²) in [7, 11) is 0. The van der Waals surface area contributed by atoms with Gasteiger partial charge in [0.1, 0.15) is 0 Å². The topological polar surface area (TPSA) is 86.7 Å². The summed E-state index contributed by atoms with van der Waals surface area (Å²) in [5.74, 6) is -0.588. The number of amides is 3. The Kier molecular flexibility index (Phi) is 7.04. The molecule has 0 radical (unpaired) electrons. The molecule has 6 heteroatoms. The number of nitrogens with one attached hydrogen (secondary N) is 1. The van der Waals surface area contributed by atoms with E-state index in [1.54, 1.807) is 4.90 Å². The largest absolute Gasteiger partial charge is 0.481 e. The minimum Gasteiger partial charge on any atom is -0.481 e. The molecule has 0 bridgehead atoms. The summed E-state index contributed by atoms with van der Waals surface area (Å²) < 4.78 is 0. The lowest BCUT2D eigenvalue weighted by atomic mass is 10.2. The Morgan fingerprint density at radius 2 is 1.85 bits per heavy atom. The molecule has 2 N–H and O–H groups in total. The zero-order chi connectivity index (χ0) is 15.0. The van der Waals surface area contributed by atoms with Gasteiger partial charge in [-0.3, -0.25) is 14.9 Å². The van der Waals surface area contributed by atoms with Gasteiger partial charge in [-0.2, -0.15) is 0 Å². The molecule has 0 heterocycles. The van der Waals surface area contributed by atoms with Crippen LogP contribution in [0.15, 0.2) is 0 Å². The van der Waals surface area contributed by atoms with Gasteiger partial charge in [0.15, 0.2) is 0 Å². The first-order chi connectivity index (χ1) is 9.52. The maximum absolute atomic E-state index is 11.9. The summed E-state index contributed by atoms with van der Waals surface area (Å²) >= 11 is 0. The lowest BCUT2D eigenvalue weighted by Gasteiger charge is -2.21. The number of unbranched alkanes of at least 4 members (excludes halogenated alkanes) is 1. The number of aliphatic carboxylic acids is 1. The monoisotopic (exact) mass is 284 g/mol. The van der Waals surface area contributed by atoms with E-state index in [0.717, 1.165) is 25.8 Å². The van der Waals surface area contributed by atoms with Crippen molar-refractivity contribution in [1.29, 1.82) is 0 Å². The van der Waals surface area contributed by atoms with E-state index in [1.807, 2.05) is 6.92 Å². The van der Waals surface area contributed by atoms with Crippen molar-refractivity contribution in [3.63, 3.8) is 0 Å². The highest BCUT2D eigenvalue weighted by molar-refractivity contribution is 5.94. The van der Waals surface area contributed by atoms with Gasteiger partial charge in [-0.25, -0.2) is 4.79 Å². The van der Waals surface area contributed by atoms with Crippen LogP contribution in [0.2, 0.25) is 0 Å². The third-order valence-electron chi connectivity index (χ3n) is 3.25. The number of carbonyl (C=O) groups is 3. The summed E-state index contributed by atoms with van der Waals surface area (Å²) in [6, 6.07) is -0.318. The number of hydrogen-bond donors (Lipinski definition) is 2. The van der Waals surface area contributed by atoms with E-state index in [9.17, 15) is 14.4 Å². The first-order valence-electron chi connectivity index (χ1n) is 7.33. The molecule has 0 saturated heterocycles. The number of hydrogen-bond acceptors (Lipinski definition) is 3. The van der Waals surface area contributed by atoms with E-state index in [0.29, 0.717) is 25.3 Å². The highest BCUT2D eigenvalue weighted by atomic mass is 16.4. The second-order valence-corrected chi connectivity index (χ2v) is 5.34. The van der Waals surface area contributed by atoms with Crippen LogP contribution in [0.5, 0.6) is 0 Å². The molecular formula is C14H24N2O4. The fourth-order valence-corrected chi connectivity index (χ4v) is 1.98. The molecule has 0 atom stereocenters. The normalized spacial score (nSPS) is 13.8. The van der Waals surface area contributed by atoms with Gasteiger partial charge in [0.05, 0.1) is 0 Å². The van der Waals surface area contributed by atoms with Crippen LogP contribution in [0.3, 0.4) is 0 Å². The summed E-state index contributed by atoms with van der Waals surface area (Å²) in [6.07, 6.45) is 4.40. The van der Waals surface area contributed by atoms with Gasteiger partial charge in [0, 0.05) is 25.9 Å². The second-order valence-electron chi connectivity index (χ2n) is 5.34. The van der Waals surface area contributed by atoms with Crippen molar-refractivity contribution >= 4 is 17.9 Å². The van der Waals surface area contributed by atoms with Gasteiger partial charge >= 0.3 is 12.0 Å². The predicted molar refractivity (Wildman–Crippen MR) is 74.2 cm³/mol. The Labute approximate surface area is 119 Å². The first-order valence-corrected chi connectivity index (χ1v) is 7.33. The van der Waals surface area contributed by atoms with Gasteiger partial charge in [-0.15, -0.1) is 0 Å². The molecule has 1 fully saturated rings. The van der Waals surface area contributed by atoms with Crippen molar-refractivity contribution in [3.05, 3.63) is 0 Å². The van der Waals surface area contributed by atoms with Crippen LogP contribution in [-0.4, -0.2) is 41.0 Å². The van der Waals surface area contributed by atoms with Crippen molar-refractivity contribution in [2.75, 3.05) is 13.1 Å². The van der Waals surface area contributed by atoms with E-state index < -0.39 is 5.97 Å². The van der Waals surface area contributed by atoms with Gasteiger partial charge in [0.2, 0.25) is 5.91 Å². The highest BCUT2D eigenvalue weighted by Gasteiger charge is 2.26. The van der Waals surface area contributed by atoms with Gasteiger partial charge < -0.3 is 10.0 Å². The number of nitrogens with zero attached hydrogens (tertiary/aromatic N) is 1. The maximum atomic E-state index is 11.9. The van der Waals surface area contributed by atoms with Gasteiger partial charge in [-0.05, 0) is 38.0 Å². The van der Waals surface area contributed by atoms with Crippen LogP contribution >= 0.6 is 0 Å². The molecule has 0 unspecified atom stereocenters. The smallest absolute Gasteiger partial charge is 0.324 e. The molecule has 0 aromatic carbocycles. The summed E-state index contributed by atoms with van der Waals surface area (Å²) in [5.41, 5.74) is 0. The molecule has 1 aliphatic rings. The Balaban J connectivity index is 2.23. The Bertz CT molecular complexity index is 353. The van der Waals surface area contributed by atoms with E-state index >= 15 is 0 Å². The third kappa shape index (κ3) is 7.11. The maximum Gasteiger partial charge on any atom is 0.324 e. The van der Waals surface area contributed by atoms with Crippen LogP contribution in [0, 0.1) is 5.92 Å². The van der Waals surface area contributed by atoms with E-state index in [4.69, 9.17) is 5.11 Å². The second kappa shape index (κ2) is 8.55. The Hall–Kier alpha value is -1.59. The summed E-state index contributed by atoms with van der Waals surface area (Å²) in [5, 5.41) is 10.9. The third-order valence-corrected chi connectivity index (χ3v) is 3.25. The lowest BCUT2D eigenvalue weighted by molar-refractivity contribution is -0.137. The number of carboxylic acid groups (broad SMARTS) is 1. The molecule has 114 valence electrons. The molecule has 0 spiro atoms. The molecule has 20 heavy (non-hydrogen) atoms. The SMILES string of the molecule is CCCN(CC1CC1)C(=O)NC(=O)CCCCC(=O)O. The summed E-state index contributed by atoms with van der Waals surface area (Å²) in [4.78, 5) is 35.6. The van der Waals surface area contributed by atoms with Crippen molar-refractivity contribution in [2.45, 2.75) is 51.9 Å². The Morgan fingerprint density at radius 3 is 2.40 bits per heavy atom. The zero-order valence-corrected chi connectivity index (χ0v) is 12.1. The van der Waals surface area contributed by atoms with Gasteiger partial charge in [-0.1, -0.05) is 6.92 Å². The van der Waals surface area contributed by atoms with Crippen LogP contribution in [-0.2, 0) is 9.59 Å². The molecule has 6 nitrogen and oxygen atoms in total. The van der Waals surface area contributed by atoms with E-state index in [-0.39, 0.29) is 24.8 Å². The Morgan fingerprint density at radius 1 is 1.20 bits per heavy atom. The highest BCUT2D eigenvalue weighted by Crippen LogP contribution is 2.29. The molecule has 0 aromatic heterocycles. The number of carboxylic acids is 1. The number of urea groups is 1. The number of carbonyl (C=O) groups excluding carboxylic acids is 2. The predicted octanol–water partition coefficient (Wildman–Crippen LogP) is 1.99. The van der Waals surface area contributed by atoms with E-state index in [1.165, 1.54) is 0 Å². The summed E-state index contributed by atoms with van der Waals surface area (Å²) in [6.45, 7) is 3.39. The molecule has 1 rings (SSSR count). The van der Waals surface area contributed by atoms with Crippen molar-refractivity contribution in [1.82, 2.24) is 10.2 Å². The number of imide groups is 1. The van der Waals surface area contributed by atoms with Crippen molar-refractivity contribution in [3.8, 4) is 0 Å². The van der Waals surface area contributed by atoms with Crippen LogP contribution in [0.25, 0.3) is 0 Å². The average Bonchev–Trinajstić information content (AvgIpc) is 3.18. The number of rotatable bonds is 9. The van der Waals surface area contributed by atoms with Crippen molar-refractivity contribution in [2.24, 2.45) is 5.92 Å². The lowest BCUT2D eigenvalue weighted by Crippen LogP contribution is -2.44. The quantitative estimate of drug-likeness (QED) is 0.634. The van der Waals surface area contributed by atoms with Gasteiger partial charge in [0.25, 0.3) is 0 Å². The molecule has 1 saturated carbocycles. The molecular weight excluding hydrogens is 260 g/mol.